The number of ether oxygens (including phenoxy) is 2. The SMILES string of the molecule is COc1cc(C=C(C#N)c2ccccc2Cl)cc(I)c1OCc1ccc([N+](=O)[O-])cc1. The summed E-state index contributed by atoms with van der Waals surface area (Å²) in [6.45, 7) is 0.225. The van der Waals surface area contributed by atoms with Crippen LogP contribution < -0.4 is 9.47 Å². The van der Waals surface area contributed by atoms with Gasteiger partial charge >= 0.3 is 0 Å². The van der Waals surface area contributed by atoms with Crippen LogP contribution in [-0.2, 0) is 6.61 Å². The molecule has 156 valence electrons. The number of nitro groups is 1. The maximum absolute atomic E-state index is 10.8. The number of halogens is 2. The van der Waals surface area contributed by atoms with Crippen molar-refractivity contribution in [1.82, 2.24) is 0 Å². The molecule has 0 N–H and O–H groups in total. The van der Waals surface area contributed by atoms with Crippen LogP contribution in [0.4, 0.5) is 5.69 Å². The largest absolute Gasteiger partial charge is 0.493 e. The fourth-order valence-electron chi connectivity index (χ4n) is 2.85. The van der Waals surface area contributed by atoms with Crippen LogP contribution >= 0.6 is 34.2 Å². The van der Waals surface area contributed by atoms with Crippen LogP contribution in [0.2, 0.25) is 5.02 Å². The molecule has 0 aromatic heterocycles. The molecular weight excluding hydrogens is 531 g/mol. The van der Waals surface area contributed by atoms with Crippen molar-refractivity contribution in [2.24, 2.45) is 0 Å². The Bertz CT molecular complexity index is 1190. The van der Waals surface area contributed by atoms with Crippen molar-refractivity contribution >= 4 is 51.5 Å². The molecule has 0 atom stereocenters. The molecule has 6 nitrogen and oxygen atoms in total. The quantitative estimate of drug-likeness (QED) is 0.111. The Hall–Kier alpha value is -3.09. The van der Waals surface area contributed by atoms with E-state index in [0.717, 1.165) is 14.7 Å². The normalized spacial score (nSPS) is 11.0. The maximum atomic E-state index is 10.8. The minimum absolute atomic E-state index is 0.0267. The lowest BCUT2D eigenvalue weighted by atomic mass is 10.0. The molecule has 0 aliphatic rings. The van der Waals surface area contributed by atoms with E-state index < -0.39 is 4.92 Å². The van der Waals surface area contributed by atoms with E-state index in [1.807, 2.05) is 18.2 Å². The molecule has 8 heteroatoms. The van der Waals surface area contributed by atoms with Crippen LogP contribution in [0.1, 0.15) is 16.7 Å². The van der Waals surface area contributed by atoms with Crippen molar-refractivity contribution in [3.8, 4) is 17.6 Å². The fraction of sp³-hybridized carbons (Fsp3) is 0.0870. The number of nitriles is 1. The van der Waals surface area contributed by atoms with Gasteiger partial charge in [0.15, 0.2) is 11.5 Å². The first kappa shape index (κ1) is 22.6. The number of non-ortho nitro benzene ring substituents is 1. The fourth-order valence-corrected chi connectivity index (χ4v) is 3.87. The molecule has 3 aromatic carbocycles. The summed E-state index contributed by atoms with van der Waals surface area (Å²) >= 11 is 8.37. The van der Waals surface area contributed by atoms with Gasteiger partial charge in [0, 0.05) is 22.7 Å². The van der Waals surface area contributed by atoms with Gasteiger partial charge in [-0.25, -0.2) is 0 Å². The maximum Gasteiger partial charge on any atom is 0.269 e. The lowest BCUT2D eigenvalue weighted by molar-refractivity contribution is -0.384. The zero-order valence-corrected chi connectivity index (χ0v) is 19.3. The van der Waals surface area contributed by atoms with Gasteiger partial charge in [0.05, 0.1) is 27.2 Å². The van der Waals surface area contributed by atoms with E-state index in [-0.39, 0.29) is 12.3 Å². The average Bonchev–Trinajstić information content (AvgIpc) is 2.77. The Morgan fingerprint density at radius 1 is 1.23 bits per heavy atom. The standard InChI is InChI=1S/C23H16ClIN2O4/c1-30-22-12-16(10-17(13-26)19-4-2-3-5-20(19)24)11-21(25)23(22)31-14-15-6-8-18(9-7-15)27(28)29/h2-12H,14H2,1H3. The zero-order chi connectivity index (χ0) is 22.4. The van der Waals surface area contributed by atoms with Gasteiger partial charge in [0.25, 0.3) is 5.69 Å². The van der Waals surface area contributed by atoms with Gasteiger partial charge in [-0.3, -0.25) is 10.1 Å². The number of hydrogen-bond donors (Lipinski definition) is 0. The molecule has 3 aromatic rings. The molecular formula is C23H16ClIN2O4. The first-order chi connectivity index (χ1) is 14.9. The second-order valence-corrected chi connectivity index (χ2v) is 7.97. The molecule has 0 heterocycles. The lowest BCUT2D eigenvalue weighted by Crippen LogP contribution is -2.00. The van der Waals surface area contributed by atoms with Gasteiger partial charge in [-0.2, -0.15) is 5.26 Å². The second kappa shape index (κ2) is 10.3. The van der Waals surface area contributed by atoms with Crippen molar-refractivity contribution in [2.45, 2.75) is 6.61 Å². The average molecular weight is 547 g/mol. The predicted molar refractivity (Wildman–Crippen MR) is 128 cm³/mol. The zero-order valence-electron chi connectivity index (χ0n) is 16.3. The Labute approximate surface area is 198 Å². The van der Waals surface area contributed by atoms with Crippen LogP contribution in [-0.4, -0.2) is 12.0 Å². The minimum atomic E-state index is -0.443. The monoisotopic (exact) mass is 546 g/mol. The smallest absolute Gasteiger partial charge is 0.269 e. The molecule has 0 saturated heterocycles. The van der Waals surface area contributed by atoms with Crippen molar-refractivity contribution in [2.75, 3.05) is 7.11 Å². The molecule has 0 saturated carbocycles. The number of methoxy groups -OCH3 is 1. The summed E-state index contributed by atoms with van der Waals surface area (Å²) < 4.78 is 12.2. The van der Waals surface area contributed by atoms with Crippen molar-refractivity contribution in [3.05, 3.63) is 96.1 Å². The van der Waals surface area contributed by atoms with Gasteiger partial charge in [-0.15, -0.1) is 0 Å². The molecule has 0 radical (unpaired) electrons. The third-order valence-electron chi connectivity index (χ3n) is 4.38. The molecule has 0 aliphatic heterocycles. The van der Waals surface area contributed by atoms with Gasteiger partial charge in [-0.1, -0.05) is 29.8 Å². The summed E-state index contributed by atoms with van der Waals surface area (Å²) in [6.07, 6.45) is 1.74. The van der Waals surface area contributed by atoms with Crippen molar-refractivity contribution in [1.29, 1.82) is 5.26 Å². The highest BCUT2D eigenvalue weighted by molar-refractivity contribution is 14.1. The summed E-state index contributed by atoms with van der Waals surface area (Å²) in [5.41, 5.74) is 2.67. The highest BCUT2D eigenvalue weighted by Gasteiger charge is 2.13. The topological polar surface area (TPSA) is 85.4 Å². The van der Waals surface area contributed by atoms with E-state index >= 15 is 0 Å². The molecule has 0 aliphatic carbocycles. The molecule has 0 bridgehead atoms. The predicted octanol–water partition coefficient (Wildman–Crippen LogP) is 6.50. The number of rotatable bonds is 7. The van der Waals surface area contributed by atoms with Crippen LogP contribution in [0.25, 0.3) is 11.6 Å². The third kappa shape index (κ3) is 5.54. The van der Waals surface area contributed by atoms with Crippen molar-refractivity contribution < 1.29 is 14.4 Å². The van der Waals surface area contributed by atoms with Crippen molar-refractivity contribution in [3.63, 3.8) is 0 Å². The van der Waals surface area contributed by atoms with E-state index in [9.17, 15) is 15.4 Å². The Kier molecular flexibility index (Phi) is 7.50. The van der Waals surface area contributed by atoms with Gasteiger partial charge in [0.1, 0.15) is 6.61 Å². The van der Waals surface area contributed by atoms with E-state index in [1.54, 1.807) is 36.4 Å². The minimum Gasteiger partial charge on any atom is -0.493 e. The molecule has 0 amide bonds. The summed E-state index contributed by atoms with van der Waals surface area (Å²) in [6, 6.07) is 19.2. The van der Waals surface area contributed by atoms with Gasteiger partial charge in [-0.05, 0) is 70.1 Å². The van der Waals surface area contributed by atoms with E-state index in [1.165, 1.54) is 19.2 Å². The summed E-state index contributed by atoms with van der Waals surface area (Å²) in [7, 11) is 1.54. The molecule has 31 heavy (non-hydrogen) atoms. The first-order valence-electron chi connectivity index (χ1n) is 9.03. The number of hydrogen-bond acceptors (Lipinski definition) is 5. The summed E-state index contributed by atoms with van der Waals surface area (Å²) in [4.78, 5) is 10.3. The number of benzene rings is 3. The van der Waals surface area contributed by atoms with E-state index in [0.29, 0.717) is 27.7 Å². The number of nitro benzene ring substituents is 1. The Balaban J connectivity index is 1.87. The summed E-state index contributed by atoms with van der Waals surface area (Å²) in [5, 5.41) is 20.9. The third-order valence-corrected chi connectivity index (χ3v) is 5.51. The number of nitrogens with zero attached hydrogens (tertiary/aromatic N) is 2. The lowest BCUT2D eigenvalue weighted by Gasteiger charge is -2.14. The molecule has 0 spiro atoms. The second-order valence-electron chi connectivity index (χ2n) is 6.40. The van der Waals surface area contributed by atoms with E-state index in [4.69, 9.17) is 21.1 Å². The van der Waals surface area contributed by atoms with Gasteiger partial charge < -0.3 is 9.47 Å². The number of allylic oxidation sites excluding steroid dienone is 1. The van der Waals surface area contributed by atoms with Crippen LogP contribution in [0, 0.1) is 25.0 Å². The van der Waals surface area contributed by atoms with Crippen LogP contribution in [0.15, 0.2) is 60.7 Å². The highest BCUT2D eigenvalue weighted by Crippen LogP contribution is 2.36. The molecule has 0 unspecified atom stereocenters. The summed E-state index contributed by atoms with van der Waals surface area (Å²) in [5.74, 6) is 1.06. The van der Waals surface area contributed by atoms with Gasteiger partial charge in [0.2, 0.25) is 0 Å². The van der Waals surface area contributed by atoms with Crippen LogP contribution in [0.3, 0.4) is 0 Å². The molecule has 0 fully saturated rings. The van der Waals surface area contributed by atoms with Crippen LogP contribution in [0.5, 0.6) is 11.5 Å². The van der Waals surface area contributed by atoms with E-state index in [2.05, 4.69) is 28.7 Å². The Morgan fingerprint density at radius 3 is 2.55 bits per heavy atom. The first-order valence-corrected chi connectivity index (χ1v) is 10.5. The highest BCUT2D eigenvalue weighted by atomic mass is 127. The Morgan fingerprint density at radius 2 is 1.94 bits per heavy atom. The molecule has 3 rings (SSSR count).